The summed E-state index contributed by atoms with van der Waals surface area (Å²) in [6.07, 6.45) is 0. The van der Waals surface area contributed by atoms with Crippen molar-refractivity contribution >= 4 is 16.9 Å². The van der Waals surface area contributed by atoms with E-state index in [-0.39, 0.29) is 5.91 Å². The van der Waals surface area contributed by atoms with Crippen LogP contribution in [0.5, 0.6) is 0 Å². The Morgan fingerprint density at radius 1 is 1.19 bits per heavy atom. The molecule has 0 unspecified atom stereocenters. The molecule has 1 amide bonds. The summed E-state index contributed by atoms with van der Waals surface area (Å²) in [5, 5.41) is 10.7. The Hall–Kier alpha value is -1.99. The van der Waals surface area contributed by atoms with E-state index in [4.69, 9.17) is 9.47 Å². The number of amides is 1. The Morgan fingerprint density at radius 3 is 2.48 bits per heavy atom. The van der Waals surface area contributed by atoms with Gasteiger partial charge in [0.05, 0.1) is 13.2 Å². The highest BCUT2D eigenvalue weighted by atomic mass is 16.5. The number of hydrogen-bond acceptors (Lipinski definition) is 5. The van der Waals surface area contributed by atoms with Gasteiger partial charge in [-0.15, -0.1) is 0 Å². The maximum Gasteiger partial charge on any atom is 0.254 e. The van der Waals surface area contributed by atoms with Crippen molar-refractivity contribution in [3.8, 4) is 0 Å². The first-order valence-electron chi connectivity index (χ1n) is 6.75. The second-order valence-corrected chi connectivity index (χ2v) is 4.76. The molecule has 1 N–H and O–H groups in total. The van der Waals surface area contributed by atoms with Crippen LogP contribution in [0.15, 0.2) is 12.1 Å². The fourth-order valence-corrected chi connectivity index (χ4v) is 2.14. The largest absolute Gasteiger partial charge is 0.383 e. The summed E-state index contributed by atoms with van der Waals surface area (Å²) in [6, 6.07) is 3.58. The van der Waals surface area contributed by atoms with Crippen molar-refractivity contribution in [2.75, 3.05) is 40.5 Å². The fourth-order valence-electron chi connectivity index (χ4n) is 2.14. The number of aromatic amines is 1. The minimum Gasteiger partial charge on any atom is -0.383 e. The minimum atomic E-state index is -0.0582. The van der Waals surface area contributed by atoms with Gasteiger partial charge >= 0.3 is 0 Å². The van der Waals surface area contributed by atoms with Gasteiger partial charge in [-0.3, -0.25) is 4.79 Å². The molecule has 114 valence electrons. The Morgan fingerprint density at radius 2 is 1.86 bits per heavy atom. The molecule has 1 heterocycles. The molecule has 0 radical (unpaired) electrons. The van der Waals surface area contributed by atoms with Gasteiger partial charge < -0.3 is 14.4 Å². The SMILES string of the molecule is COCCN(CCOC)C(=O)c1cc(C)c2n[nH]nc2c1. The summed E-state index contributed by atoms with van der Waals surface area (Å²) in [6.45, 7) is 3.93. The molecule has 0 bridgehead atoms. The van der Waals surface area contributed by atoms with Crippen LogP contribution in [0.2, 0.25) is 0 Å². The second kappa shape index (κ2) is 7.14. The molecule has 0 atom stereocenters. The van der Waals surface area contributed by atoms with E-state index < -0.39 is 0 Å². The van der Waals surface area contributed by atoms with Crippen LogP contribution < -0.4 is 0 Å². The average Bonchev–Trinajstić information content (AvgIpc) is 2.96. The van der Waals surface area contributed by atoms with Gasteiger partial charge in [0, 0.05) is 32.9 Å². The van der Waals surface area contributed by atoms with Crippen molar-refractivity contribution in [3.05, 3.63) is 23.3 Å². The molecule has 1 aromatic carbocycles. The molecule has 0 saturated heterocycles. The highest BCUT2D eigenvalue weighted by Gasteiger charge is 2.17. The molecule has 0 aliphatic carbocycles. The van der Waals surface area contributed by atoms with Crippen LogP contribution in [0.3, 0.4) is 0 Å². The molecule has 0 spiro atoms. The van der Waals surface area contributed by atoms with Crippen LogP contribution in [0.4, 0.5) is 0 Å². The van der Waals surface area contributed by atoms with Crippen molar-refractivity contribution < 1.29 is 14.3 Å². The zero-order valence-electron chi connectivity index (χ0n) is 12.5. The Kier molecular flexibility index (Phi) is 5.24. The fraction of sp³-hybridized carbons (Fsp3) is 0.500. The molecule has 2 rings (SSSR count). The van der Waals surface area contributed by atoms with Crippen LogP contribution in [0, 0.1) is 6.92 Å². The topological polar surface area (TPSA) is 80.3 Å². The van der Waals surface area contributed by atoms with E-state index in [1.807, 2.05) is 13.0 Å². The molecule has 7 heteroatoms. The van der Waals surface area contributed by atoms with Gasteiger partial charge in [-0.1, -0.05) is 0 Å². The normalized spacial score (nSPS) is 11.0. The summed E-state index contributed by atoms with van der Waals surface area (Å²) >= 11 is 0. The monoisotopic (exact) mass is 292 g/mol. The van der Waals surface area contributed by atoms with Gasteiger partial charge in [0.1, 0.15) is 11.0 Å². The molecule has 0 aliphatic rings. The van der Waals surface area contributed by atoms with Crippen LogP contribution in [0.25, 0.3) is 11.0 Å². The molecular formula is C14H20N4O3. The molecule has 2 aromatic rings. The van der Waals surface area contributed by atoms with Crippen LogP contribution in [-0.4, -0.2) is 66.7 Å². The van der Waals surface area contributed by atoms with E-state index in [1.54, 1.807) is 25.2 Å². The highest BCUT2D eigenvalue weighted by Crippen LogP contribution is 2.17. The van der Waals surface area contributed by atoms with Gasteiger partial charge in [0.25, 0.3) is 5.91 Å². The van der Waals surface area contributed by atoms with Crippen molar-refractivity contribution in [1.29, 1.82) is 0 Å². The minimum absolute atomic E-state index is 0.0582. The first kappa shape index (κ1) is 15.4. The molecule has 21 heavy (non-hydrogen) atoms. The number of H-pyrrole nitrogens is 1. The molecule has 0 aliphatic heterocycles. The Bertz CT molecular complexity index is 603. The van der Waals surface area contributed by atoms with Gasteiger partial charge in [-0.05, 0) is 24.6 Å². The number of carbonyl (C=O) groups is 1. The van der Waals surface area contributed by atoms with Crippen molar-refractivity contribution in [3.63, 3.8) is 0 Å². The number of hydrogen-bond donors (Lipinski definition) is 1. The van der Waals surface area contributed by atoms with Gasteiger partial charge in [0.15, 0.2) is 0 Å². The smallest absolute Gasteiger partial charge is 0.254 e. The number of nitrogens with zero attached hydrogens (tertiary/aromatic N) is 3. The number of fused-ring (bicyclic) bond motifs is 1. The first-order valence-corrected chi connectivity index (χ1v) is 6.75. The van der Waals surface area contributed by atoms with E-state index in [9.17, 15) is 4.79 Å². The Balaban J connectivity index is 2.24. The summed E-state index contributed by atoms with van der Waals surface area (Å²) in [4.78, 5) is 14.3. The maximum atomic E-state index is 12.6. The number of aryl methyl sites for hydroxylation is 1. The second-order valence-electron chi connectivity index (χ2n) is 4.76. The molecule has 7 nitrogen and oxygen atoms in total. The van der Waals surface area contributed by atoms with Crippen LogP contribution in [0.1, 0.15) is 15.9 Å². The van der Waals surface area contributed by atoms with Gasteiger partial charge in [0.2, 0.25) is 0 Å². The number of nitrogens with one attached hydrogen (secondary N) is 1. The number of methoxy groups -OCH3 is 2. The molecule has 0 fully saturated rings. The predicted octanol–water partition coefficient (Wildman–Crippen LogP) is 1.00. The number of rotatable bonds is 7. The summed E-state index contributed by atoms with van der Waals surface area (Å²) < 4.78 is 10.1. The lowest BCUT2D eigenvalue weighted by atomic mass is 10.1. The lowest BCUT2D eigenvalue weighted by Gasteiger charge is -2.22. The third-order valence-electron chi connectivity index (χ3n) is 3.28. The third kappa shape index (κ3) is 3.56. The highest BCUT2D eigenvalue weighted by molar-refractivity contribution is 5.98. The third-order valence-corrected chi connectivity index (χ3v) is 3.28. The number of benzene rings is 1. The summed E-state index contributed by atoms with van der Waals surface area (Å²) in [7, 11) is 3.23. The molecular weight excluding hydrogens is 272 g/mol. The van der Waals surface area contributed by atoms with Crippen molar-refractivity contribution in [2.45, 2.75) is 6.92 Å². The number of aromatic nitrogens is 3. The molecule has 1 aromatic heterocycles. The summed E-state index contributed by atoms with van der Waals surface area (Å²) in [5.41, 5.74) is 2.99. The molecule has 0 saturated carbocycles. The van der Waals surface area contributed by atoms with Gasteiger partial charge in [-0.2, -0.15) is 15.4 Å². The lowest BCUT2D eigenvalue weighted by molar-refractivity contribution is 0.0627. The van der Waals surface area contributed by atoms with Gasteiger partial charge in [-0.25, -0.2) is 0 Å². The maximum absolute atomic E-state index is 12.6. The predicted molar refractivity (Wildman–Crippen MR) is 78.3 cm³/mol. The first-order chi connectivity index (χ1) is 10.2. The van der Waals surface area contributed by atoms with Crippen LogP contribution in [-0.2, 0) is 9.47 Å². The van der Waals surface area contributed by atoms with Crippen molar-refractivity contribution in [2.24, 2.45) is 0 Å². The van der Waals surface area contributed by atoms with E-state index in [0.717, 1.165) is 11.1 Å². The van der Waals surface area contributed by atoms with E-state index in [0.29, 0.717) is 37.4 Å². The standard InChI is InChI=1S/C14H20N4O3/c1-10-8-11(9-12-13(10)16-17-15-12)14(19)18(4-6-20-2)5-7-21-3/h8-9H,4-7H2,1-3H3,(H,15,16,17). The van der Waals surface area contributed by atoms with Crippen LogP contribution >= 0.6 is 0 Å². The number of carbonyl (C=O) groups excluding carboxylic acids is 1. The van der Waals surface area contributed by atoms with E-state index >= 15 is 0 Å². The zero-order chi connectivity index (χ0) is 15.2. The Labute approximate surface area is 123 Å². The quantitative estimate of drug-likeness (QED) is 0.823. The summed E-state index contributed by atoms with van der Waals surface area (Å²) in [5.74, 6) is -0.0582. The zero-order valence-corrected chi connectivity index (χ0v) is 12.5. The lowest BCUT2D eigenvalue weighted by Crippen LogP contribution is -2.36. The van der Waals surface area contributed by atoms with Crippen molar-refractivity contribution in [1.82, 2.24) is 20.3 Å². The average molecular weight is 292 g/mol. The van der Waals surface area contributed by atoms with E-state index in [2.05, 4.69) is 15.4 Å². The van der Waals surface area contributed by atoms with E-state index in [1.165, 1.54) is 0 Å². The number of ether oxygens (including phenoxy) is 2.